The molecule has 1 saturated heterocycles. The van der Waals surface area contributed by atoms with Gasteiger partial charge in [0.15, 0.2) is 9.84 Å². The topological polar surface area (TPSA) is 86.7 Å². The summed E-state index contributed by atoms with van der Waals surface area (Å²) in [6.45, 7) is 7.47. The molecule has 2 N–H and O–H groups in total. The van der Waals surface area contributed by atoms with Crippen LogP contribution in [0.3, 0.4) is 0 Å². The van der Waals surface area contributed by atoms with Crippen LogP contribution in [0, 0.1) is 0 Å². The molecule has 0 saturated carbocycles. The lowest BCUT2D eigenvalue weighted by Crippen LogP contribution is -2.56. The van der Waals surface area contributed by atoms with Crippen molar-refractivity contribution >= 4 is 15.8 Å². The van der Waals surface area contributed by atoms with Crippen molar-refractivity contribution in [1.29, 1.82) is 0 Å². The van der Waals surface area contributed by atoms with Crippen molar-refractivity contribution in [3.8, 4) is 0 Å². The minimum atomic E-state index is -2.93. The van der Waals surface area contributed by atoms with Gasteiger partial charge in [-0.15, -0.1) is 0 Å². The molecule has 1 fully saturated rings. The number of carboxylic acid groups (broad SMARTS) is 1. The van der Waals surface area contributed by atoms with E-state index in [-0.39, 0.29) is 29.6 Å². The molecule has 1 rings (SSSR count). The predicted molar refractivity (Wildman–Crippen MR) is 83.2 cm³/mol. The lowest BCUT2D eigenvalue weighted by atomic mass is 9.91. The molecule has 21 heavy (non-hydrogen) atoms. The molecule has 0 aromatic rings. The zero-order chi connectivity index (χ0) is 16.4. The van der Waals surface area contributed by atoms with Crippen molar-refractivity contribution in [1.82, 2.24) is 10.2 Å². The fourth-order valence-corrected chi connectivity index (χ4v) is 4.82. The molecule has 7 heteroatoms. The number of rotatable bonds is 7. The van der Waals surface area contributed by atoms with E-state index in [1.807, 2.05) is 32.7 Å². The van der Waals surface area contributed by atoms with E-state index in [0.29, 0.717) is 12.8 Å². The van der Waals surface area contributed by atoms with E-state index in [9.17, 15) is 18.3 Å². The minimum Gasteiger partial charge on any atom is -0.480 e. The smallest absolute Gasteiger partial charge is 0.323 e. The van der Waals surface area contributed by atoms with Crippen LogP contribution in [-0.2, 0) is 14.6 Å². The molecule has 0 spiro atoms. The van der Waals surface area contributed by atoms with E-state index < -0.39 is 21.3 Å². The molecule has 1 heterocycles. The van der Waals surface area contributed by atoms with Gasteiger partial charge in [0.05, 0.1) is 11.5 Å². The van der Waals surface area contributed by atoms with Gasteiger partial charge in [-0.2, -0.15) is 0 Å². The average Bonchev–Trinajstić information content (AvgIpc) is 2.67. The molecule has 0 amide bonds. The molecular formula is C14H28N2O4S. The molecule has 6 nitrogen and oxygen atoms in total. The van der Waals surface area contributed by atoms with Crippen molar-refractivity contribution in [2.75, 3.05) is 18.6 Å². The van der Waals surface area contributed by atoms with E-state index in [1.165, 1.54) is 0 Å². The summed E-state index contributed by atoms with van der Waals surface area (Å²) in [5, 5.41) is 12.6. The molecule has 0 radical (unpaired) electrons. The summed E-state index contributed by atoms with van der Waals surface area (Å²) in [7, 11) is -1.04. The van der Waals surface area contributed by atoms with Gasteiger partial charge in [-0.25, -0.2) is 8.42 Å². The van der Waals surface area contributed by atoms with Gasteiger partial charge < -0.3 is 5.11 Å². The number of hydrogen-bond acceptors (Lipinski definition) is 5. The van der Waals surface area contributed by atoms with Crippen LogP contribution in [0.5, 0.6) is 0 Å². The molecule has 1 aliphatic heterocycles. The minimum absolute atomic E-state index is 0.0119. The largest absolute Gasteiger partial charge is 0.480 e. The summed E-state index contributed by atoms with van der Waals surface area (Å²) in [5.41, 5.74) is -1.01. The zero-order valence-electron chi connectivity index (χ0n) is 13.6. The second kappa shape index (κ2) is 6.62. The van der Waals surface area contributed by atoms with E-state index >= 15 is 0 Å². The molecular weight excluding hydrogens is 292 g/mol. The first-order chi connectivity index (χ1) is 9.47. The molecule has 3 atom stereocenters. The van der Waals surface area contributed by atoms with Gasteiger partial charge >= 0.3 is 5.97 Å². The van der Waals surface area contributed by atoms with Crippen molar-refractivity contribution in [2.24, 2.45) is 0 Å². The highest BCUT2D eigenvalue weighted by atomic mass is 32.2. The third-order valence-electron chi connectivity index (χ3n) is 4.26. The lowest BCUT2D eigenvalue weighted by molar-refractivity contribution is -0.145. The maximum atomic E-state index is 11.6. The molecule has 3 unspecified atom stereocenters. The van der Waals surface area contributed by atoms with E-state index in [0.717, 1.165) is 0 Å². The van der Waals surface area contributed by atoms with Gasteiger partial charge in [0.25, 0.3) is 0 Å². The van der Waals surface area contributed by atoms with Gasteiger partial charge in [0, 0.05) is 18.1 Å². The third-order valence-corrected chi connectivity index (χ3v) is 6.01. The predicted octanol–water partition coefficient (Wildman–Crippen LogP) is 0.725. The fourth-order valence-electron chi connectivity index (χ4n) is 3.04. The standard InChI is InChI=1S/C14H28N2O4S/c1-10(2)15-14(4,13(17)18)8-11(3)16(5)12-6-7-21(19,20)9-12/h10-12,15H,6-9H2,1-5H3,(H,17,18). The number of aliphatic carboxylic acids is 1. The highest BCUT2D eigenvalue weighted by molar-refractivity contribution is 7.91. The second-order valence-electron chi connectivity index (χ2n) is 6.71. The van der Waals surface area contributed by atoms with Crippen molar-refractivity contribution in [3.05, 3.63) is 0 Å². The summed E-state index contributed by atoms with van der Waals surface area (Å²) in [5.74, 6) is -0.472. The average molecular weight is 320 g/mol. The van der Waals surface area contributed by atoms with Crippen LogP contribution in [0.4, 0.5) is 0 Å². The van der Waals surface area contributed by atoms with Crippen LogP contribution in [0.2, 0.25) is 0 Å². The molecule has 0 aromatic carbocycles. The summed E-state index contributed by atoms with van der Waals surface area (Å²) in [6, 6.07) is 0.0354. The Kier molecular flexibility index (Phi) is 5.80. The Hall–Kier alpha value is -0.660. The highest BCUT2D eigenvalue weighted by Crippen LogP contribution is 2.23. The SMILES string of the molecule is CC(C)NC(C)(CC(C)N(C)C1CCS(=O)(=O)C1)C(=O)O. The number of carbonyl (C=O) groups is 1. The Morgan fingerprint density at radius 1 is 1.43 bits per heavy atom. The van der Waals surface area contributed by atoms with Crippen LogP contribution < -0.4 is 5.32 Å². The number of hydrogen-bond donors (Lipinski definition) is 2. The van der Waals surface area contributed by atoms with Gasteiger partial charge in [0.1, 0.15) is 5.54 Å². The van der Waals surface area contributed by atoms with E-state index in [4.69, 9.17) is 0 Å². The van der Waals surface area contributed by atoms with Gasteiger partial charge in [-0.05, 0) is 47.6 Å². The van der Waals surface area contributed by atoms with Crippen LogP contribution in [0.15, 0.2) is 0 Å². The van der Waals surface area contributed by atoms with Crippen LogP contribution in [0.1, 0.15) is 40.5 Å². The van der Waals surface area contributed by atoms with Crippen molar-refractivity contribution < 1.29 is 18.3 Å². The molecule has 0 bridgehead atoms. The Labute approximate surface area is 127 Å². The Bertz CT molecular complexity index is 477. The van der Waals surface area contributed by atoms with E-state index in [2.05, 4.69) is 5.32 Å². The number of carboxylic acids is 1. The lowest BCUT2D eigenvalue weighted by Gasteiger charge is -2.36. The van der Waals surface area contributed by atoms with Gasteiger partial charge in [-0.3, -0.25) is 15.0 Å². The van der Waals surface area contributed by atoms with Crippen LogP contribution in [-0.4, -0.2) is 66.6 Å². The normalized spacial score (nSPS) is 26.0. The monoisotopic (exact) mass is 320 g/mol. The quantitative estimate of drug-likeness (QED) is 0.719. The van der Waals surface area contributed by atoms with Crippen molar-refractivity contribution in [2.45, 2.75) is 64.2 Å². The second-order valence-corrected chi connectivity index (χ2v) is 8.94. The van der Waals surface area contributed by atoms with Crippen LogP contribution >= 0.6 is 0 Å². The van der Waals surface area contributed by atoms with Gasteiger partial charge in [-0.1, -0.05) is 0 Å². The summed E-state index contributed by atoms with van der Waals surface area (Å²) >= 11 is 0. The molecule has 1 aliphatic rings. The number of nitrogens with one attached hydrogen (secondary N) is 1. The first kappa shape index (κ1) is 18.4. The zero-order valence-corrected chi connectivity index (χ0v) is 14.4. The molecule has 0 aliphatic carbocycles. The van der Waals surface area contributed by atoms with Crippen molar-refractivity contribution in [3.63, 3.8) is 0 Å². The maximum absolute atomic E-state index is 11.6. The maximum Gasteiger partial charge on any atom is 0.323 e. The number of sulfone groups is 1. The molecule has 0 aromatic heterocycles. The van der Waals surface area contributed by atoms with Crippen LogP contribution in [0.25, 0.3) is 0 Å². The third kappa shape index (κ3) is 4.93. The van der Waals surface area contributed by atoms with Gasteiger partial charge in [0.2, 0.25) is 0 Å². The highest BCUT2D eigenvalue weighted by Gasteiger charge is 2.38. The van der Waals surface area contributed by atoms with E-state index in [1.54, 1.807) is 6.92 Å². The Balaban J connectivity index is 2.73. The fraction of sp³-hybridized carbons (Fsp3) is 0.929. The molecule has 124 valence electrons. The summed E-state index contributed by atoms with van der Waals surface area (Å²) < 4.78 is 23.1. The Morgan fingerprint density at radius 2 is 2.00 bits per heavy atom. The first-order valence-electron chi connectivity index (χ1n) is 7.40. The number of nitrogens with zero attached hydrogens (tertiary/aromatic N) is 1. The Morgan fingerprint density at radius 3 is 2.38 bits per heavy atom. The first-order valence-corrected chi connectivity index (χ1v) is 9.22. The summed E-state index contributed by atoms with van der Waals surface area (Å²) in [4.78, 5) is 13.6. The summed E-state index contributed by atoms with van der Waals surface area (Å²) in [6.07, 6.45) is 1.05.